The third kappa shape index (κ3) is 3.76. The van der Waals surface area contributed by atoms with Crippen LogP contribution >= 0.6 is 0 Å². The number of amides is 1. The highest BCUT2D eigenvalue weighted by atomic mass is 16.5. The quantitative estimate of drug-likeness (QED) is 0.724. The first-order valence-electron chi connectivity index (χ1n) is 6.43. The second kappa shape index (κ2) is 6.21. The minimum Gasteiger partial charge on any atom is -0.368 e. The van der Waals surface area contributed by atoms with Crippen molar-refractivity contribution in [2.24, 2.45) is 5.92 Å². The third-order valence-corrected chi connectivity index (χ3v) is 3.46. The number of hydrogen-bond acceptors (Lipinski definition) is 3. The van der Waals surface area contributed by atoms with E-state index < -0.39 is 0 Å². The number of carbonyl (C=O) groups is 1. The van der Waals surface area contributed by atoms with Gasteiger partial charge in [0.05, 0.1) is 6.10 Å². The first-order chi connectivity index (χ1) is 7.84. The molecule has 2 rings (SSSR count). The summed E-state index contributed by atoms with van der Waals surface area (Å²) in [6.45, 7) is 3.10. The monoisotopic (exact) mass is 226 g/mol. The molecule has 1 saturated carbocycles. The topological polar surface area (TPSA) is 50.4 Å². The Hall–Kier alpha value is -0.610. The van der Waals surface area contributed by atoms with Gasteiger partial charge >= 0.3 is 0 Å². The minimum atomic E-state index is 0.0393. The van der Waals surface area contributed by atoms with Crippen LogP contribution in [0.2, 0.25) is 0 Å². The predicted molar refractivity (Wildman–Crippen MR) is 62.2 cm³/mol. The van der Waals surface area contributed by atoms with Gasteiger partial charge in [-0.1, -0.05) is 19.3 Å². The Labute approximate surface area is 97.1 Å². The van der Waals surface area contributed by atoms with Gasteiger partial charge in [-0.15, -0.1) is 0 Å². The molecule has 92 valence electrons. The lowest BCUT2D eigenvalue weighted by molar-refractivity contribution is -0.128. The van der Waals surface area contributed by atoms with Crippen molar-refractivity contribution in [1.29, 1.82) is 0 Å². The third-order valence-electron chi connectivity index (χ3n) is 3.46. The lowest BCUT2D eigenvalue weighted by Crippen LogP contribution is -2.48. The van der Waals surface area contributed by atoms with E-state index in [2.05, 4.69) is 10.6 Å². The number of ether oxygens (including phenoxy) is 1. The van der Waals surface area contributed by atoms with Crippen LogP contribution < -0.4 is 10.6 Å². The van der Waals surface area contributed by atoms with Crippen molar-refractivity contribution in [1.82, 2.24) is 10.6 Å². The van der Waals surface area contributed by atoms with Gasteiger partial charge < -0.3 is 15.4 Å². The molecule has 1 aliphatic carbocycles. The molecule has 2 N–H and O–H groups in total. The van der Waals surface area contributed by atoms with Gasteiger partial charge in [0.1, 0.15) is 6.61 Å². The summed E-state index contributed by atoms with van der Waals surface area (Å²) in [5.41, 5.74) is 0. The van der Waals surface area contributed by atoms with Crippen LogP contribution in [-0.4, -0.2) is 38.3 Å². The van der Waals surface area contributed by atoms with Crippen molar-refractivity contribution in [3.8, 4) is 0 Å². The molecule has 1 aliphatic heterocycles. The average Bonchev–Trinajstić information content (AvgIpc) is 2.26. The molecule has 2 fully saturated rings. The van der Waals surface area contributed by atoms with E-state index in [1.807, 2.05) is 0 Å². The van der Waals surface area contributed by atoms with Crippen molar-refractivity contribution in [2.45, 2.75) is 38.2 Å². The van der Waals surface area contributed by atoms with Gasteiger partial charge in [-0.2, -0.15) is 0 Å². The van der Waals surface area contributed by atoms with Crippen LogP contribution in [0.1, 0.15) is 32.1 Å². The molecule has 1 saturated heterocycles. The summed E-state index contributed by atoms with van der Waals surface area (Å²) in [4.78, 5) is 11.5. The van der Waals surface area contributed by atoms with Gasteiger partial charge in [-0.3, -0.25) is 4.79 Å². The zero-order valence-corrected chi connectivity index (χ0v) is 9.84. The zero-order valence-electron chi connectivity index (χ0n) is 9.84. The maximum atomic E-state index is 11.5. The van der Waals surface area contributed by atoms with Crippen LogP contribution in [0.15, 0.2) is 0 Å². The van der Waals surface area contributed by atoms with Crippen molar-refractivity contribution >= 4 is 5.91 Å². The Bertz CT molecular complexity index is 223. The van der Waals surface area contributed by atoms with Crippen LogP contribution in [0.25, 0.3) is 0 Å². The van der Waals surface area contributed by atoms with Crippen molar-refractivity contribution in [3.05, 3.63) is 0 Å². The van der Waals surface area contributed by atoms with E-state index in [4.69, 9.17) is 4.74 Å². The minimum absolute atomic E-state index is 0.0393. The normalized spacial score (nSPS) is 22.8. The zero-order chi connectivity index (χ0) is 11.2. The molecule has 4 heteroatoms. The molecule has 0 atom stereocenters. The fourth-order valence-corrected chi connectivity index (χ4v) is 2.23. The standard InChI is InChI=1S/C12H22N2O2/c15-12(14-8-10-6-13-7-10)9-16-11-4-2-1-3-5-11/h10-11,13H,1-9H2,(H,14,15). The summed E-state index contributed by atoms with van der Waals surface area (Å²) < 4.78 is 5.60. The molecule has 1 heterocycles. The predicted octanol–water partition coefficient (Wildman–Crippen LogP) is 0.671. The molecule has 0 aromatic rings. The van der Waals surface area contributed by atoms with Gasteiger partial charge in [0.25, 0.3) is 0 Å². The fraction of sp³-hybridized carbons (Fsp3) is 0.917. The Morgan fingerprint density at radius 2 is 2.00 bits per heavy atom. The highest BCUT2D eigenvalue weighted by molar-refractivity contribution is 5.77. The summed E-state index contributed by atoms with van der Waals surface area (Å²) in [6.07, 6.45) is 6.39. The molecule has 1 amide bonds. The van der Waals surface area contributed by atoms with E-state index in [0.29, 0.717) is 12.0 Å². The number of carbonyl (C=O) groups excluding carboxylic acids is 1. The summed E-state index contributed by atoms with van der Waals surface area (Å²) in [7, 11) is 0. The Kier molecular flexibility index (Phi) is 4.60. The summed E-state index contributed by atoms with van der Waals surface area (Å²) in [5.74, 6) is 0.663. The Morgan fingerprint density at radius 1 is 1.25 bits per heavy atom. The summed E-state index contributed by atoms with van der Waals surface area (Å²) in [6, 6.07) is 0. The van der Waals surface area contributed by atoms with Crippen LogP contribution in [0.5, 0.6) is 0 Å². The molecule has 0 aromatic heterocycles. The number of nitrogens with one attached hydrogen (secondary N) is 2. The SMILES string of the molecule is O=C(COC1CCCCC1)NCC1CNC1. The van der Waals surface area contributed by atoms with Gasteiger partial charge in [0.15, 0.2) is 0 Å². The average molecular weight is 226 g/mol. The second-order valence-corrected chi connectivity index (χ2v) is 4.90. The molecule has 0 aromatic carbocycles. The molecule has 2 aliphatic rings. The van der Waals surface area contributed by atoms with E-state index in [-0.39, 0.29) is 12.5 Å². The lowest BCUT2D eigenvalue weighted by Gasteiger charge is -2.27. The Morgan fingerprint density at radius 3 is 2.62 bits per heavy atom. The van der Waals surface area contributed by atoms with E-state index in [1.54, 1.807) is 0 Å². The molecule has 0 radical (unpaired) electrons. The Balaban J connectivity index is 1.52. The fourth-order valence-electron chi connectivity index (χ4n) is 2.23. The van der Waals surface area contributed by atoms with Crippen LogP contribution in [-0.2, 0) is 9.53 Å². The van der Waals surface area contributed by atoms with Crippen molar-refractivity contribution in [3.63, 3.8) is 0 Å². The first kappa shape index (κ1) is 11.9. The van der Waals surface area contributed by atoms with Crippen LogP contribution in [0.3, 0.4) is 0 Å². The highest BCUT2D eigenvalue weighted by Crippen LogP contribution is 2.19. The van der Waals surface area contributed by atoms with Crippen LogP contribution in [0.4, 0.5) is 0 Å². The van der Waals surface area contributed by atoms with Gasteiger partial charge in [0.2, 0.25) is 5.91 Å². The molecule has 0 unspecified atom stereocenters. The number of hydrogen-bond donors (Lipinski definition) is 2. The van der Waals surface area contributed by atoms with E-state index in [1.165, 1.54) is 19.3 Å². The molecule has 4 nitrogen and oxygen atoms in total. The van der Waals surface area contributed by atoms with Crippen molar-refractivity contribution in [2.75, 3.05) is 26.2 Å². The molecule has 16 heavy (non-hydrogen) atoms. The molecular formula is C12H22N2O2. The summed E-state index contributed by atoms with van der Waals surface area (Å²) >= 11 is 0. The van der Waals surface area contributed by atoms with E-state index in [0.717, 1.165) is 32.5 Å². The maximum absolute atomic E-state index is 11.5. The second-order valence-electron chi connectivity index (χ2n) is 4.90. The van der Waals surface area contributed by atoms with Gasteiger partial charge in [-0.05, 0) is 12.8 Å². The summed E-state index contributed by atoms with van der Waals surface area (Å²) in [5, 5.41) is 6.11. The van der Waals surface area contributed by atoms with Crippen LogP contribution in [0, 0.1) is 5.92 Å². The lowest BCUT2D eigenvalue weighted by atomic mass is 9.98. The van der Waals surface area contributed by atoms with Gasteiger partial charge in [-0.25, -0.2) is 0 Å². The van der Waals surface area contributed by atoms with Crippen molar-refractivity contribution < 1.29 is 9.53 Å². The van der Waals surface area contributed by atoms with E-state index in [9.17, 15) is 4.79 Å². The van der Waals surface area contributed by atoms with Gasteiger partial charge in [0, 0.05) is 25.6 Å². The molecular weight excluding hydrogens is 204 g/mol. The first-order valence-corrected chi connectivity index (χ1v) is 6.43. The molecule has 0 spiro atoms. The molecule has 0 bridgehead atoms. The van der Waals surface area contributed by atoms with E-state index >= 15 is 0 Å². The smallest absolute Gasteiger partial charge is 0.246 e. The largest absolute Gasteiger partial charge is 0.368 e. The highest BCUT2D eigenvalue weighted by Gasteiger charge is 2.18. The number of rotatable bonds is 5. The maximum Gasteiger partial charge on any atom is 0.246 e.